The molecule has 0 fully saturated rings. The molecule has 1 nitrogen and oxygen atoms in total. The molecule has 0 heterocycles. The largest absolute Gasteiger partial charge is 0.302 e. The Kier molecular flexibility index (Phi) is 11.9. The number of hydrogen-bond acceptors (Lipinski definition) is 1. The molecule has 1 unspecified atom stereocenters. The fourth-order valence-electron chi connectivity index (χ4n) is 2.08. The highest BCUT2D eigenvalue weighted by Gasteiger charge is 2.11. The second-order valence-electron chi connectivity index (χ2n) is 4.76. The second-order valence-corrected chi connectivity index (χ2v) is 5.14. The normalized spacial score (nSPS) is 13.3. The Hall–Kier alpha value is 0.250. The maximum Gasteiger partial charge on any atom is 0.0351 e. The topological polar surface area (TPSA) is 3.24 Å². The molecule has 0 aromatic rings. The summed E-state index contributed by atoms with van der Waals surface area (Å²) in [6.07, 6.45) is 7.98. The summed E-state index contributed by atoms with van der Waals surface area (Å²) in [5.74, 6) is 1.65. The van der Waals surface area contributed by atoms with Crippen LogP contribution in [0.1, 0.15) is 59.3 Å². The van der Waals surface area contributed by atoms with Crippen molar-refractivity contribution in [1.82, 2.24) is 4.90 Å². The van der Waals surface area contributed by atoms with Gasteiger partial charge in [-0.25, -0.2) is 0 Å². The van der Waals surface area contributed by atoms with E-state index in [1.165, 1.54) is 51.6 Å². The number of halogens is 1. The fraction of sp³-hybridized carbons (Fsp3) is 1.00. The molecular formula is C14H30ClN. The number of hydrogen-bond donors (Lipinski definition) is 0. The molecule has 16 heavy (non-hydrogen) atoms. The molecule has 0 aliphatic rings. The van der Waals surface area contributed by atoms with Crippen LogP contribution in [0.25, 0.3) is 0 Å². The van der Waals surface area contributed by atoms with Crippen LogP contribution in [0, 0.1) is 5.92 Å². The average molecular weight is 248 g/mol. The van der Waals surface area contributed by atoms with E-state index in [2.05, 4.69) is 25.7 Å². The van der Waals surface area contributed by atoms with Gasteiger partial charge < -0.3 is 4.90 Å². The van der Waals surface area contributed by atoms with Crippen molar-refractivity contribution in [1.29, 1.82) is 0 Å². The SMILES string of the molecule is CCCCC(CC)CN(CCCl)CCCC. The quantitative estimate of drug-likeness (QED) is 0.485. The average Bonchev–Trinajstić information content (AvgIpc) is 2.31. The third-order valence-electron chi connectivity index (χ3n) is 3.29. The molecule has 0 saturated heterocycles. The van der Waals surface area contributed by atoms with Crippen molar-refractivity contribution in [3.8, 4) is 0 Å². The van der Waals surface area contributed by atoms with Gasteiger partial charge in [0.1, 0.15) is 0 Å². The van der Waals surface area contributed by atoms with Crippen LogP contribution in [-0.4, -0.2) is 30.4 Å². The minimum Gasteiger partial charge on any atom is -0.302 e. The van der Waals surface area contributed by atoms with Crippen LogP contribution in [0.4, 0.5) is 0 Å². The van der Waals surface area contributed by atoms with Crippen LogP contribution in [0.3, 0.4) is 0 Å². The summed E-state index contributed by atoms with van der Waals surface area (Å²) in [5.41, 5.74) is 0. The molecule has 0 spiro atoms. The number of unbranched alkanes of at least 4 members (excludes halogenated alkanes) is 2. The molecule has 0 radical (unpaired) electrons. The molecule has 0 saturated carbocycles. The molecule has 0 N–H and O–H groups in total. The van der Waals surface area contributed by atoms with Crippen LogP contribution in [0.15, 0.2) is 0 Å². The summed E-state index contributed by atoms with van der Waals surface area (Å²) in [7, 11) is 0. The number of rotatable bonds is 11. The molecule has 1 atom stereocenters. The third-order valence-corrected chi connectivity index (χ3v) is 3.46. The summed E-state index contributed by atoms with van der Waals surface area (Å²) in [5, 5.41) is 0. The summed E-state index contributed by atoms with van der Waals surface area (Å²) >= 11 is 5.86. The molecule has 2 heteroatoms. The van der Waals surface area contributed by atoms with E-state index in [-0.39, 0.29) is 0 Å². The lowest BCUT2D eigenvalue weighted by Gasteiger charge is -2.26. The van der Waals surface area contributed by atoms with Gasteiger partial charge in [-0.1, -0.05) is 46.5 Å². The van der Waals surface area contributed by atoms with E-state index in [9.17, 15) is 0 Å². The summed E-state index contributed by atoms with van der Waals surface area (Å²) in [6, 6.07) is 0. The molecule has 0 aromatic carbocycles. The molecule has 0 aliphatic carbocycles. The molecular weight excluding hydrogens is 218 g/mol. The summed E-state index contributed by atoms with van der Waals surface area (Å²) < 4.78 is 0. The zero-order valence-electron chi connectivity index (χ0n) is 11.5. The zero-order chi connectivity index (χ0) is 12.2. The Balaban J connectivity index is 3.90. The van der Waals surface area contributed by atoms with Crippen molar-refractivity contribution < 1.29 is 0 Å². The molecule has 98 valence electrons. The first-order chi connectivity index (χ1) is 7.78. The van der Waals surface area contributed by atoms with Crippen LogP contribution in [0.5, 0.6) is 0 Å². The minimum absolute atomic E-state index is 0.772. The third kappa shape index (κ3) is 8.41. The van der Waals surface area contributed by atoms with Crippen molar-refractivity contribution in [2.45, 2.75) is 59.3 Å². The highest BCUT2D eigenvalue weighted by atomic mass is 35.5. The summed E-state index contributed by atoms with van der Waals surface area (Å²) in [6.45, 7) is 10.4. The van der Waals surface area contributed by atoms with Gasteiger partial charge in [-0.05, 0) is 25.3 Å². The number of alkyl halides is 1. The van der Waals surface area contributed by atoms with Crippen LogP contribution in [0.2, 0.25) is 0 Å². The Bertz CT molecular complexity index is 139. The first kappa shape index (κ1) is 16.2. The predicted molar refractivity (Wildman–Crippen MR) is 75.4 cm³/mol. The maximum absolute atomic E-state index is 5.86. The van der Waals surface area contributed by atoms with Gasteiger partial charge in [0.05, 0.1) is 0 Å². The van der Waals surface area contributed by atoms with Crippen LogP contribution < -0.4 is 0 Å². The van der Waals surface area contributed by atoms with Gasteiger partial charge in [-0.15, -0.1) is 11.6 Å². The van der Waals surface area contributed by atoms with Gasteiger partial charge in [0.25, 0.3) is 0 Å². The predicted octanol–water partition coefficient (Wildman–Crippen LogP) is 4.54. The molecule has 0 aliphatic heterocycles. The zero-order valence-corrected chi connectivity index (χ0v) is 12.2. The van der Waals surface area contributed by atoms with Gasteiger partial charge in [0, 0.05) is 19.0 Å². The molecule has 0 rings (SSSR count). The second kappa shape index (κ2) is 11.7. The molecule has 0 amide bonds. The lowest BCUT2D eigenvalue weighted by Crippen LogP contribution is -2.32. The van der Waals surface area contributed by atoms with Crippen molar-refractivity contribution in [3.63, 3.8) is 0 Å². The van der Waals surface area contributed by atoms with Gasteiger partial charge in [-0.2, -0.15) is 0 Å². The Morgan fingerprint density at radius 2 is 1.69 bits per heavy atom. The van der Waals surface area contributed by atoms with Crippen LogP contribution >= 0.6 is 11.6 Å². The lowest BCUT2D eigenvalue weighted by atomic mass is 9.98. The fourth-order valence-corrected chi connectivity index (χ4v) is 2.32. The Labute approximate surface area is 108 Å². The first-order valence-corrected chi connectivity index (χ1v) is 7.60. The van der Waals surface area contributed by atoms with Crippen molar-refractivity contribution >= 4 is 11.6 Å². The van der Waals surface area contributed by atoms with E-state index >= 15 is 0 Å². The van der Waals surface area contributed by atoms with Gasteiger partial charge >= 0.3 is 0 Å². The smallest absolute Gasteiger partial charge is 0.0351 e. The minimum atomic E-state index is 0.772. The van der Waals surface area contributed by atoms with E-state index in [4.69, 9.17) is 11.6 Å². The van der Waals surface area contributed by atoms with Gasteiger partial charge in [0.15, 0.2) is 0 Å². The van der Waals surface area contributed by atoms with E-state index in [0.717, 1.165) is 18.3 Å². The molecule has 0 bridgehead atoms. The van der Waals surface area contributed by atoms with Gasteiger partial charge in [0.2, 0.25) is 0 Å². The van der Waals surface area contributed by atoms with Crippen molar-refractivity contribution in [2.75, 3.05) is 25.5 Å². The van der Waals surface area contributed by atoms with E-state index < -0.39 is 0 Å². The maximum atomic E-state index is 5.86. The van der Waals surface area contributed by atoms with Crippen molar-refractivity contribution in [2.24, 2.45) is 5.92 Å². The highest BCUT2D eigenvalue weighted by molar-refractivity contribution is 6.18. The van der Waals surface area contributed by atoms with E-state index in [1.807, 2.05) is 0 Å². The standard InChI is InChI=1S/C14H30ClN/c1-4-7-9-14(6-3)13-16(12-10-15)11-8-5-2/h14H,4-13H2,1-3H3. The lowest BCUT2D eigenvalue weighted by molar-refractivity contribution is 0.226. The summed E-state index contributed by atoms with van der Waals surface area (Å²) in [4.78, 5) is 2.56. The Morgan fingerprint density at radius 1 is 1.00 bits per heavy atom. The Morgan fingerprint density at radius 3 is 2.19 bits per heavy atom. The number of nitrogens with zero attached hydrogens (tertiary/aromatic N) is 1. The van der Waals surface area contributed by atoms with Crippen LogP contribution in [-0.2, 0) is 0 Å². The van der Waals surface area contributed by atoms with Crippen molar-refractivity contribution in [3.05, 3.63) is 0 Å². The first-order valence-electron chi connectivity index (χ1n) is 7.06. The van der Waals surface area contributed by atoms with Gasteiger partial charge in [-0.3, -0.25) is 0 Å². The molecule has 0 aromatic heterocycles. The van der Waals surface area contributed by atoms with E-state index in [1.54, 1.807) is 0 Å². The monoisotopic (exact) mass is 247 g/mol. The van der Waals surface area contributed by atoms with E-state index in [0.29, 0.717) is 0 Å². The highest BCUT2D eigenvalue weighted by Crippen LogP contribution is 2.14.